The van der Waals surface area contributed by atoms with E-state index in [1.165, 1.54) is 11.0 Å². The zero-order chi connectivity index (χ0) is 10.6. The second-order valence-corrected chi connectivity index (χ2v) is 3.98. The highest BCUT2D eigenvalue weighted by atomic mass is 32.2. The number of hydrogen-bond donors (Lipinski definition) is 0. The fraction of sp³-hybridized carbons (Fsp3) is 0.400. The first-order chi connectivity index (χ1) is 6.66. The molecule has 0 spiro atoms. The summed E-state index contributed by atoms with van der Waals surface area (Å²) in [6, 6.07) is 0. The molecule has 0 aromatic heterocycles. The lowest BCUT2D eigenvalue weighted by Crippen LogP contribution is -2.32. The number of rotatable bonds is 4. The summed E-state index contributed by atoms with van der Waals surface area (Å²) in [5.74, 6) is 3.40. The third-order valence-electron chi connectivity index (χ3n) is 1.83. The van der Waals surface area contributed by atoms with Gasteiger partial charge in [0, 0.05) is 23.9 Å². The molecule has 1 heterocycles. The molecular weight excluding hydrogens is 198 g/mol. The number of thioether (sulfide) groups is 1. The molecule has 0 saturated carbocycles. The van der Waals surface area contributed by atoms with Gasteiger partial charge < -0.3 is 0 Å². The van der Waals surface area contributed by atoms with Crippen LogP contribution in [0.2, 0.25) is 0 Å². The van der Waals surface area contributed by atoms with Gasteiger partial charge in [0.15, 0.2) is 0 Å². The predicted octanol–water partition coefficient (Wildman–Crippen LogP) is 0.668. The molecule has 1 aliphatic heterocycles. The van der Waals surface area contributed by atoms with E-state index in [0.717, 1.165) is 0 Å². The van der Waals surface area contributed by atoms with Crippen molar-refractivity contribution in [2.75, 3.05) is 18.1 Å². The van der Waals surface area contributed by atoms with Crippen molar-refractivity contribution in [3.05, 3.63) is 11.6 Å². The van der Waals surface area contributed by atoms with Crippen molar-refractivity contribution in [3.63, 3.8) is 0 Å². The maximum atomic E-state index is 11.4. The van der Waals surface area contributed by atoms with E-state index in [2.05, 4.69) is 5.92 Å². The molecule has 0 aromatic carbocycles. The van der Waals surface area contributed by atoms with Crippen LogP contribution in [0.3, 0.4) is 0 Å². The average Bonchev–Trinajstić information content (AvgIpc) is 2.38. The Morgan fingerprint density at radius 3 is 2.79 bits per heavy atom. The molecule has 14 heavy (non-hydrogen) atoms. The van der Waals surface area contributed by atoms with Crippen LogP contribution in [0.15, 0.2) is 11.6 Å². The van der Waals surface area contributed by atoms with Gasteiger partial charge in [-0.2, -0.15) is 0 Å². The second kappa shape index (κ2) is 4.87. The van der Waals surface area contributed by atoms with E-state index >= 15 is 0 Å². The topological polar surface area (TPSA) is 37.4 Å². The number of carbonyl (C=O) groups is 2. The minimum atomic E-state index is -0.214. The van der Waals surface area contributed by atoms with Gasteiger partial charge in [-0.05, 0) is 6.92 Å². The van der Waals surface area contributed by atoms with Gasteiger partial charge in [-0.15, -0.1) is 18.2 Å². The van der Waals surface area contributed by atoms with Crippen LogP contribution in [-0.4, -0.2) is 34.8 Å². The maximum Gasteiger partial charge on any atom is 0.256 e. The minimum Gasteiger partial charge on any atom is -0.274 e. The van der Waals surface area contributed by atoms with Gasteiger partial charge in [0.2, 0.25) is 0 Å². The molecule has 0 aliphatic carbocycles. The van der Waals surface area contributed by atoms with E-state index in [4.69, 9.17) is 6.42 Å². The molecule has 0 saturated heterocycles. The Balaban J connectivity index is 2.37. The lowest BCUT2D eigenvalue weighted by Gasteiger charge is -2.13. The van der Waals surface area contributed by atoms with Crippen molar-refractivity contribution < 1.29 is 9.59 Å². The molecule has 0 bridgehead atoms. The Labute approximate surface area is 87.5 Å². The number of hydrogen-bond acceptors (Lipinski definition) is 3. The highest BCUT2D eigenvalue weighted by molar-refractivity contribution is 7.99. The van der Waals surface area contributed by atoms with Crippen LogP contribution >= 0.6 is 11.8 Å². The summed E-state index contributed by atoms with van der Waals surface area (Å²) in [7, 11) is 0. The molecular formula is C10H11NO2S. The third-order valence-corrected chi connectivity index (χ3v) is 2.68. The second-order valence-electron chi connectivity index (χ2n) is 2.88. The quantitative estimate of drug-likeness (QED) is 0.388. The van der Waals surface area contributed by atoms with Gasteiger partial charge in [0.1, 0.15) is 0 Å². The van der Waals surface area contributed by atoms with Crippen molar-refractivity contribution in [3.8, 4) is 12.3 Å². The number of amides is 2. The van der Waals surface area contributed by atoms with Crippen LogP contribution in [0.1, 0.15) is 6.92 Å². The van der Waals surface area contributed by atoms with Gasteiger partial charge in [0.05, 0.1) is 5.75 Å². The summed E-state index contributed by atoms with van der Waals surface area (Å²) >= 11 is 1.54. The fourth-order valence-electron chi connectivity index (χ4n) is 1.14. The highest BCUT2D eigenvalue weighted by Gasteiger charge is 2.27. The Morgan fingerprint density at radius 2 is 2.29 bits per heavy atom. The number of terminal acetylenes is 1. The summed E-state index contributed by atoms with van der Waals surface area (Å²) in [5, 5.41) is 0. The summed E-state index contributed by atoms with van der Waals surface area (Å²) in [6.45, 7) is 2.09. The van der Waals surface area contributed by atoms with Crippen LogP contribution in [0.4, 0.5) is 0 Å². The lowest BCUT2D eigenvalue weighted by atomic mass is 10.3. The van der Waals surface area contributed by atoms with Crippen molar-refractivity contribution in [1.29, 1.82) is 0 Å². The zero-order valence-electron chi connectivity index (χ0n) is 7.95. The van der Waals surface area contributed by atoms with E-state index in [1.807, 2.05) is 0 Å². The number of nitrogens with zero attached hydrogens (tertiary/aromatic N) is 1. The SMILES string of the molecule is C#CCSCCN1C(=O)C=C(C)C1=O. The van der Waals surface area contributed by atoms with E-state index in [0.29, 0.717) is 23.6 Å². The largest absolute Gasteiger partial charge is 0.274 e. The van der Waals surface area contributed by atoms with Gasteiger partial charge in [-0.1, -0.05) is 5.92 Å². The standard InChI is InChI=1S/C10H11NO2S/c1-3-5-14-6-4-11-9(12)7-8(2)10(11)13/h1,7H,4-6H2,2H3. The van der Waals surface area contributed by atoms with Crippen molar-refractivity contribution in [1.82, 2.24) is 4.90 Å². The first-order valence-corrected chi connectivity index (χ1v) is 5.37. The molecule has 1 aliphatic rings. The Bertz CT molecular complexity index is 328. The first kappa shape index (κ1) is 10.9. The van der Waals surface area contributed by atoms with Crippen molar-refractivity contribution in [2.45, 2.75) is 6.92 Å². The third kappa shape index (κ3) is 2.39. The summed E-state index contributed by atoms with van der Waals surface area (Å²) in [5.41, 5.74) is 0.511. The number of carbonyl (C=O) groups excluding carboxylic acids is 2. The minimum absolute atomic E-state index is 0.184. The smallest absolute Gasteiger partial charge is 0.256 e. The van der Waals surface area contributed by atoms with Gasteiger partial charge in [0.25, 0.3) is 11.8 Å². The normalized spacial score (nSPS) is 15.7. The Hall–Kier alpha value is -1.21. The van der Waals surface area contributed by atoms with E-state index in [1.54, 1.807) is 18.7 Å². The predicted molar refractivity (Wildman–Crippen MR) is 56.6 cm³/mol. The summed E-state index contributed by atoms with van der Waals surface area (Å²) in [6.07, 6.45) is 6.44. The monoisotopic (exact) mass is 209 g/mol. The van der Waals surface area contributed by atoms with Crippen LogP contribution in [0.25, 0.3) is 0 Å². The van der Waals surface area contributed by atoms with Crippen LogP contribution in [0, 0.1) is 12.3 Å². The molecule has 0 aromatic rings. The van der Waals surface area contributed by atoms with Gasteiger partial charge in [-0.3, -0.25) is 14.5 Å². The maximum absolute atomic E-state index is 11.4. The average molecular weight is 209 g/mol. The van der Waals surface area contributed by atoms with Crippen molar-refractivity contribution >= 4 is 23.6 Å². The molecule has 3 nitrogen and oxygen atoms in total. The van der Waals surface area contributed by atoms with Gasteiger partial charge >= 0.3 is 0 Å². The Kier molecular flexibility index (Phi) is 3.78. The van der Waals surface area contributed by atoms with E-state index in [9.17, 15) is 9.59 Å². The first-order valence-electron chi connectivity index (χ1n) is 4.22. The lowest BCUT2D eigenvalue weighted by molar-refractivity contribution is -0.136. The number of imide groups is 1. The molecule has 0 atom stereocenters. The van der Waals surface area contributed by atoms with Crippen molar-refractivity contribution in [2.24, 2.45) is 0 Å². The van der Waals surface area contributed by atoms with Crippen LogP contribution < -0.4 is 0 Å². The molecule has 0 fully saturated rings. The highest BCUT2D eigenvalue weighted by Crippen LogP contribution is 2.12. The van der Waals surface area contributed by atoms with Gasteiger partial charge in [-0.25, -0.2) is 0 Å². The molecule has 4 heteroatoms. The van der Waals surface area contributed by atoms with Crippen LogP contribution in [0.5, 0.6) is 0 Å². The summed E-state index contributed by atoms with van der Waals surface area (Å²) < 4.78 is 0. The molecule has 2 amide bonds. The summed E-state index contributed by atoms with van der Waals surface area (Å²) in [4.78, 5) is 23.9. The molecule has 1 rings (SSSR count). The zero-order valence-corrected chi connectivity index (χ0v) is 8.76. The molecule has 0 radical (unpaired) electrons. The fourth-order valence-corrected chi connectivity index (χ4v) is 1.71. The molecule has 0 unspecified atom stereocenters. The van der Waals surface area contributed by atoms with E-state index < -0.39 is 0 Å². The molecule has 0 N–H and O–H groups in total. The van der Waals surface area contributed by atoms with Crippen LogP contribution in [-0.2, 0) is 9.59 Å². The Morgan fingerprint density at radius 1 is 1.57 bits per heavy atom. The van der Waals surface area contributed by atoms with E-state index in [-0.39, 0.29) is 11.8 Å². The molecule has 74 valence electrons.